The summed E-state index contributed by atoms with van der Waals surface area (Å²) in [7, 11) is 1.81. The lowest BCUT2D eigenvalue weighted by molar-refractivity contribution is -0.123. The van der Waals surface area contributed by atoms with Crippen molar-refractivity contribution in [1.29, 1.82) is 5.26 Å². The Hall–Kier alpha value is -4.36. The van der Waals surface area contributed by atoms with Gasteiger partial charge in [0.2, 0.25) is 5.91 Å². The van der Waals surface area contributed by atoms with Crippen LogP contribution >= 0.6 is 11.6 Å². The zero-order valence-electron chi connectivity index (χ0n) is 21.8. The molecule has 0 aliphatic carbocycles. The summed E-state index contributed by atoms with van der Waals surface area (Å²) in [4.78, 5) is 34.7. The van der Waals surface area contributed by atoms with Crippen molar-refractivity contribution in [3.63, 3.8) is 0 Å². The summed E-state index contributed by atoms with van der Waals surface area (Å²) in [5.41, 5.74) is 2.48. The predicted molar refractivity (Wildman–Crippen MR) is 145 cm³/mol. The molecular formula is C28H28ClN7O3. The van der Waals surface area contributed by atoms with Gasteiger partial charge in [0.25, 0.3) is 0 Å². The highest BCUT2D eigenvalue weighted by atomic mass is 35.5. The van der Waals surface area contributed by atoms with Gasteiger partial charge < -0.3 is 15.0 Å². The number of amides is 3. The first-order chi connectivity index (χ1) is 18.7. The fourth-order valence-electron chi connectivity index (χ4n) is 4.83. The number of aromatic nitrogens is 2. The smallest absolute Gasteiger partial charge is 0.326 e. The molecule has 1 saturated heterocycles. The lowest BCUT2D eigenvalue weighted by Gasteiger charge is -2.35. The number of aryl methyl sites for hydroxylation is 1. The van der Waals surface area contributed by atoms with Gasteiger partial charge in [0.05, 0.1) is 29.0 Å². The summed E-state index contributed by atoms with van der Waals surface area (Å²) < 4.78 is 7.79. The second kappa shape index (κ2) is 10.8. The van der Waals surface area contributed by atoms with Crippen molar-refractivity contribution in [3.8, 4) is 11.8 Å². The van der Waals surface area contributed by atoms with Crippen LogP contribution in [0.15, 0.2) is 59.7 Å². The largest absolute Gasteiger partial charge is 0.490 e. The number of hydrogen-bond acceptors (Lipinski definition) is 6. The molecule has 5 rings (SSSR count). The van der Waals surface area contributed by atoms with Crippen molar-refractivity contribution < 1.29 is 14.3 Å². The van der Waals surface area contributed by atoms with Crippen LogP contribution in [0.3, 0.4) is 0 Å². The van der Waals surface area contributed by atoms with Crippen LogP contribution < -0.4 is 10.1 Å². The summed E-state index contributed by atoms with van der Waals surface area (Å²) in [6, 6.07) is 14.9. The highest BCUT2D eigenvalue weighted by Gasteiger charge is 2.46. The zero-order chi connectivity index (χ0) is 27.7. The first-order valence-corrected chi connectivity index (χ1v) is 13.0. The maximum Gasteiger partial charge on any atom is 0.326 e. The Labute approximate surface area is 231 Å². The number of rotatable bonds is 5. The van der Waals surface area contributed by atoms with E-state index in [0.29, 0.717) is 46.5 Å². The predicted octanol–water partition coefficient (Wildman–Crippen LogP) is 3.83. The second-order valence-electron chi connectivity index (χ2n) is 9.72. The van der Waals surface area contributed by atoms with Crippen LogP contribution in [0.5, 0.6) is 5.75 Å². The van der Waals surface area contributed by atoms with Gasteiger partial charge in [-0.05, 0) is 55.8 Å². The fourth-order valence-corrected chi connectivity index (χ4v) is 4.96. The number of halogens is 1. The van der Waals surface area contributed by atoms with E-state index in [-0.39, 0.29) is 24.6 Å². The number of hydrogen-bond donors (Lipinski definition) is 1. The van der Waals surface area contributed by atoms with E-state index in [4.69, 9.17) is 21.3 Å². The SMILES string of the molecule is CC(C)Oc1cc(C#N)ccc1C1=N[C@@H](c2ccc(Cl)cc2)[C@@H](c2ccn(C)n2)N1C(=O)N1CCNC(=O)C1. The van der Waals surface area contributed by atoms with Gasteiger partial charge in [-0.3, -0.25) is 19.4 Å². The number of nitriles is 1. The molecule has 0 bridgehead atoms. The van der Waals surface area contributed by atoms with Gasteiger partial charge >= 0.3 is 6.03 Å². The number of urea groups is 1. The molecular weight excluding hydrogens is 518 g/mol. The number of ether oxygens (including phenoxy) is 1. The average molecular weight is 546 g/mol. The summed E-state index contributed by atoms with van der Waals surface area (Å²) in [6.45, 7) is 4.44. The monoisotopic (exact) mass is 545 g/mol. The Morgan fingerprint density at radius 2 is 1.97 bits per heavy atom. The number of carbonyl (C=O) groups excluding carboxylic acids is 2. The quantitative estimate of drug-likeness (QED) is 0.523. The fraction of sp³-hybridized carbons (Fsp3) is 0.321. The highest BCUT2D eigenvalue weighted by molar-refractivity contribution is 6.30. The molecule has 11 heteroatoms. The normalized spacial score (nSPS) is 19.1. The zero-order valence-corrected chi connectivity index (χ0v) is 22.6. The van der Waals surface area contributed by atoms with Crippen LogP contribution in [-0.4, -0.2) is 63.1 Å². The molecule has 2 aromatic carbocycles. The van der Waals surface area contributed by atoms with E-state index >= 15 is 0 Å². The molecule has 0 radical (unpaired) electrons. The molecule has 1 N–H and O–H groups in total. The molecule has 0 saturated carbocycles. The minimum Gasteiger partial charge on any atom is -0.490 e. The van der Waals surface area contributed by atoms with Crippen LogP contribution in [-0.2, 0) is 11.8 Å². The Kier molecular flexibility index (Phi) is 7.26. The topological polar surface area (TPSA) is 116 Å². The molecule has 1 fully saturated rings. The van der Waals surface area contributed by atoms with Crippen LogP contribution in [0.4, 0.5) is 4.79 Å². The van der Waals surface area contributed by atoms with E-state index in [1.165, 1.54) is 4.90 Å². The van der Waals surface area contributed by atoms with Crippen molar-refractivity contribution >= 4 is 29.4 Å². The van der Waals surface area contributed by atoms with E-state index < -0.39 is 12.1 Å². The Balaban J connectivity index is 1.70. The molecule has 0 unspecified atom stereocenters. The summed E-state index contributed by atoms with van der Waals surface area (Å²) >= 11 is 6.19. The van der Waals surface area contributed by atoms with Gasteiger partial charge in [-0.1, -0.05) is 23.7 Å². The summed E-state index contributed by atoms with van der Waals surface area (Å²) in [5.74, 6) is 0.591. The number of nitrogens with zero attached hydrogens (tertiary/aromatic N) is 6. The van der Waals surface area contributed by atoms with Crippen molar-refractivity contribution in [2.45, 2.75) is 32.0 Å². The first kappa shape index (κ1) is 26.3. The molecule has 2 aliphatic heterocycles. The summed E-state index contributed by atoms with van der Waals surface area (Å²) in [5, 5.41) is 17.5. The Morgan fingerprint density at radius 1 is 1.21 bits per heavy atom. The molecule has 10 nitrogen and oxygen atoms in total. The van der Waals surface area contributed by atoms with E-state index in [9.17, 15) is 14.9 Å². The minimum atomic E-state index is -0.609. The van der Waals surface area contributed by atoms with E-state index in [0.717, 1.165) is 5.56 Å². The maximum atomic E-state index is 14.2. The molecule has 3 heterocycles. The first-order valence-electron chi connectivity index (χ1n) is 12.6. The number of benzene rings is 2. The second-order valence-corrected chi connectivity index (χ2v) is 10.2. The van der Waals surface area contributed by atoms with E-state index in [2.05, 4.69) is 16.5 Å². The van der Waals surface area contributed by atoms with Crippen molar-refractivity contribution in [2.24, 2.45) is 12.0 Å². The van der Waals surface area contributed by atoms with Crippen LogP contribution in [0.25, 0.3) is 0 Å². The van der Waals surface area contributed by atoms with Crippen LogP contribution in [0, 0.1) is 11.3 Å². The van der Waals surface area contributed by atoms with E-state index in [1.807, 2.05) is 45.3 Å². The van der Waals surface area contributed by atoms with E-state index in [1.54, 1.807) is 39.9 Å². The summed E-state index contributed by atoms with van der Waals surface area (Å²) in [6.07, 6.45) is 1.63. The third-order valence-corrected chi connectivity index (χ3v) is 6.80. The van der Waals surface area contributed by atoms with Gasteiger partial charge in [0, 0.05) is 31.4 Å². The van der Waals surface area contributed by atoms with Gasteiger partial charge in [-0.25, -0.2) is 4.79 Å². The van der Waals surface area contributed by atoms with Crippen molar-refractivity contribution in [1.82, 2.24) is 24.9 Å². The van der Waals surface area contributed by atoms with Crippen molar-refractivity contribution in [3.05, 3.63) is 82.1 Å². The third-order valence-electron chi connectivity index (χ3n) is 6.54. The molecule has 3 amide bonds. The molecule has 3 aromatic rings. The molecule has 2 aliphatic rings. The number of aliphatic imine (C=N–C) groups is 1. The Morgan fingerprint density at radius 3 is 2.62 bits per heavy atom. The van der Waals surface area contributed by atoms with Gasteiger partial charge in [0.15, 0.2) is 0 Å². The Bertz CT molecular complexity index is 1480. The highest BCUT2D eigenvalue weighted by Crippen LogP contribution is 2.45. The molecule has 1 aromatic heterocycles. The average Bonchev–Trinajstić information content (AvgIpc) is 3.52. The molecule has 200 valence electrons. The number of nitrogens with one attached hydrogen (secondary N) is 1. The molecule has 0 spiro atoms. The number of amidine groups is 1. The molecule has 39 heavy (non-hydrogen) atoms. The minimum absolute atomic E-state index is 0.0636. The number of carbonyl (C=O) groups is 2. The van der Waals surface area contributed by atoms with Crippen LogP contribution in [0.2, 0.25) is 5.02 Å². The van der Waals surface area contributed by atoms with Gasteiger partial charge in [-0.15, -0.1) is 0 Å². The maximum absolute atomic E-state index is 14.2. The van der Waals surface area contributed by atoms with Crippen LogP contribution in [0.1, 0.15) is 48.3 Å². The standard InChI is InChI=1S/C28H28ClN7O3/c1-17(2)39-23-14-18(15-30)4-9-21(23)27-32-25(19-5-7-20(29)8-6-19)26(22-10-12-34(3)33-22)36(27)28(38)35-13-11-31-24(37)16-35/h4-10,12,14,17,25-26H,11,13,16H2,1-3H3,(H,31,37)/t25-,26+/m0/s1. The third kappa shape index (κ3) is 5.31. The lowest BCUT2D eigenvalue weighted by Crippen LogP contribution is -2.55. The van der Waals surface area contributed by atoms with Gasteiger partial charge in [0.1, 0.15) is 30.2 Å². The van der Waals surface area contributed by atoms with Gasteiger partial charge in [-0.2, -0.15) is 10.4 Å². The molecule has 2 atom stereocenters. The van der Waals surface area contributed by atoms with Crippen molar-refractivity contribution in [2.75, 3.05) is 19.6 Å². The lowest BCUT2D eigenvalue weighted by atomic mass is 9.97. The number of piperazine rings is 1.